The van der Waals surface area contributed by atoms with Crippen LogP contribution >= 0.6 is 0 Å². The Morgan fingerprint density at radius 2 is 1.22 bits per heavy atom. The number of rotatable bonds is 4. The molecule has 32 heavy (non-hydrogen) atoms. The Labute approximate surface area is 190 Å². The summed E-state index contributed by atoms with van der Waals surface area (Å²) in [6.07, 6.45) is 0.852. The van der Waals surface area contributed by atoms with Crippen molar-refractivity contribution in [3.05, 3.63) is 125 Å². The fourth-order valence-corrected chi connectivity index (χ4v) is 4.36. The summed E-state index contributed by atoms with van der Waals surface area (Å²) < 4.78 is 0. The van der Waals surface area contributed by atoms with Crippen molar-refractivity contribution in [3.8, 4) is 22.5 Å². The smallest absolute Gasteiger partial charge is 0.0788 e. The Hall–Kier alpha value is -3.71. The highest BCUT2D eigenvalue weighted by Crippen LogP contribution is 2.36. The molecule has 5 aromatic rings. The number of fused-ring (bicyclic) bond motifs is 1. The van der Waals surface area contributed by atoms with Gasteiger partial charge in [0.1, 0.15) is 0 Å². The number of nitrogens with zero attached hydrogens (tertiary/aromatic N) is 1. The van der Waals surface area contributed by atoms with E-state index < -0.39 is 0 Å². The molecule has 0 atom stereocenters. The van der Waals surface area contributed by atoms with Crippen molar-refractivity contribution < 1.29 is 0 Å². The van der Waals surface area contributed by atoms with Crippen molar-refractivity contribution in [2.24, 2.45) is 0 Å². The highest BCUT2D eigenvalue weighted by molar-refractivity contribution is 6.00. The molecule has 1 nitrogen and oxygen atoms in total. The van der Waals surface area contributed by atoms with Crippen LogP contribution < -0.4 is 0 Å². The standard InChI is InChI=1S/C31H27N/c1-21-13-16-25(17-14-21)30-28-12-8-7-11-27(28)29(20-24-9-5-4-6-10-24)31(32-30)26-18-15-22(2)23(3)19-26/h4-19H,20H2,1-3H3. The molecule has 0 saturated carbocycles. The molecule has 1 heteroatoms. The summed E-state index contributed by atoms with van der Waals surface area (Å²) in [6.45, 7) is 6.46. The van der Waals surface area contributed by atoms with Crippen molar-refractivity contribution in [2.75, 3.05) is 0 Å². The topological polar surface area (TPSA) is 12.9 Å². The molecule has 0 bridgehead atoms. The van der Waals surface area contributed by atoms with Gasteiger partial charge in [0, 0.05) is 22.9 Å². The number of pyridine rings is 1. The van der Waals surface area contributed by atoms with Crippen LogP contribution in [-0.4, -0.2) is 4.98 Å². The number of hydrogen-bond donors (Lipinski definition) is 0. The van der Waals surface area contributed by atoms with Gasteiger partial charge >= 0.3 is 0 Å². The van der Waals surface area contributed by atoms with Gasteiger partial charge in [0.05, 0.1) is 11.4 Å². The van der Waals surface area contributed by atoms with Gasteiger partial charge in [0.25, 0.3) is 0 Å². The van der Waals surface area contributed by atoms with E-state index >= 15 is 0 Å². The molecule has 0 aliphatic rings. The van der Waals surface area contributed by atoms with Crippen LogP contribution in [0.1, 0.15) is 27.8 Å². The van der Waals surface area contributed by atoms with Crippen LogP contribution in [0, 0.1) is 20.8 Å². The summed E-state index contributed by atoms with van der Waals surface area (Å²) in [5.41, 5.74) is 10.9. The Bertz CT molecular complexity index is 1400. The summed E-state index contributed by atoms with van der Waals surface area (Å²) >= 11 is 0. The maximum Gasteiger partial charge on any atom is 0.0788 e. The molecule has 4 aromatic carbocycles. The molecule has 0 aliphatic carbocycles. The van der Waals surface area contributed by atoms with Crippen LogP contribution in [0.15, 0.2) is 97.1 Å². The first-order valence-electron chi connectivity index (χ1n) is 11.2. The summed E-state index contributed by atoms with van der Waals surface area (Å²) in [7, 11) is 0. The van der Waals surface area contributed by atoms with Crippen molar-refractivity contribution >= 4 is 10.8 Å². The molecular formula is C31H27N. The molecule has 1 heterocycles. The minimum absolute atomic E-state index is 0.852. The number of aromatic nitrogens is 1. The molecular weight excluding hydrogens is 386 g/mol. The van der Waals surface area contributed by atoms with Crippen LogP contribution in [-0.2, 0) is 6.42 Å². The zero-order valence-electron chi connectivity index (χ0n) is 18.9. The lowest BCUT2D eigenvalue weighted by molar-refractivity contribution is 1.17. The van der Waals surface area contributed by atoms with Gasteiger partial charge in [-0.3, -0.25) is 0 Å². The quantitative estimate of drug-likeness (QED) is 0.290. The number of aryl methyl sites for hydroxylation is 3. The first-order valence-corrected chi connectivity index (χ1v) is 11.2. The molecule has 0 fully saturated rings. The van der Waals surface area contributed by atoms with E-state index in [9.17, 15) is 0 Å². The van der Waals surface area contributed by atoms with Gasteiger partial charge in [-0.15, -0.1) is 0 Å². The lowest BCUT2D eigenvalue weighted by Crippen LogP contribution is -2.00. The molecule has 0 N–H and O–H groups in total. The third-order valence-electron chi connectivity index (χ3n) is 6.35. The van der Waals surface area contributed by atoms with Crippen LogP contribution in [0.2, 0.25) is 0 Å². The second-order valence-corrected chi connectivity index (χ2v) is 8.66. The molecule has 0 amide bonds. The maximum absolute atomic E-state index is 5.34. The van der Waals surface area contributed by atoms with Gasteiger partial charge in [0.2, 0.25) is 0 Å². The Kier molecular flexibility index (Phi) is 5.33. The van der Waals surface area contributed by atoms with Crippen molar-refractivity contribution in [1.29, 1.82) is 0 Å². The lowest BCUT2D eigenvalue weighted by atomic mass is 9.91. The summed E-state index contributed by atoms with van der Waals surface area (Å²) in [5, 5.41) is 2.48. The minimum Gasteiger partial charge on any atom is -0.247 e. The van der Waals surface area contributed by atoms with Gasteiger partial charge in [-0.05, 0) is 54.5 Å². The molecule has 156 valence electrons. The van der Waals surface area contributed by atoms with E-state index in [2.05, 4.69) is 118 Å². The van der Waals surface area contributed by atoms with Crippen molar-refractivity contribution in [3.63, 3.8) is 0 Å². The van der Waals surface area contributed by atoms with E-state index in [-0.39, 0.29) is 0 Å². The largest absolute Gasteiger partial charge is 0.247 e. The SMILES string of the molecule is Cc1ccc(-c2nc(-c3ccc(C)c(C)c3)c(Cc3ccccc3)c3ccccc23)cc1. The normalized spacial score (nSPS) is 11.1. The van der Waals surface area contributed by atoms with Gasteiger partial charge < -0.3 is 0 Å². The average molecular weight is 414 g/mol. The maximum atomic E-state index is 5.34. The van der Waals surface area contributed by atoms with E-state index in [1.807, 2.05) is 0 Å². The van der Waals surface area contributed by atoms with E-state index in [1.165, 1.54) is 44.2 Å². The fourth-order valence-electron chi connectivity index (χ4n) is 4.36. The van der Waals surface area contributed by atoms with Gasteiger partial charge in [-0.1, -0.05) is 96.6 Å². The molecule has 0 spiro atoms. The van der Waals surface area contributed by atoms with Crippen molar-refractivity contribution in [2.45, 2.75) is 27.2 Å². The third kappa shape index (κ3) is 3.83. The van der Waals surface area contributed by atoms with E-state index in [1.54, 1.807) is 0 Å². The van der Waals surface area contributed by atoms with Gasteiger partial charge in [-0.2, -0.15) is 0 Å². The highest BCUT2D eigenvalue weighted by atomic mass is 14.7. The monoisotopic (exact) mass is 413 g/mol. The molecule has 5 rings (SSSR count). The molecule has 0 aliphatic heterocycles. The second-order valence-electron chi connectivity index (χ2n) is 8.66. The number of hydrogen-bond acceptors (Lipinski definition) is 1. The first-order chi connectivity index (χ1) is 15.6. The minimum atomic E-state index is 0.852. The first kappa shape index (κ1) is 20.2. The predicted octanol–water partition coefficient (Wildman–Crippen LogP) is 8.08. The van der Waals surface area contributed by atoms with Gasteiger partial charge in [-0.25, -0.2) is 4.98 Å². The van der Waals surface area contributed by atoms with E-state index in [0.29, 0.717) is 0 Å². The second kappa shape index (κ2) is 8.43. The van der Waals surface area contributed by atoms with Crippen LogP contribution in [0.5, 0.6) is 0 Å². The van der Waals surface area contributed by atoms with Crippen LogP contribution in [0.25, 0.3) is 33.3 Å². The van der Waals surface area contributed by atoms with Crippen molar-refractivity contribution in [1.82, 2.24) is 4.98 Å². The highest BCUT2D eigenvalue weighted by Gasteiger charge is 2.17. The Morgan fingerprint density at radius 1 is 0.562 bits per heavy atom. The Balaban J connectivity index is 1.82. The molecule has 0 unspecified atom stereocenters. The summed E-state index contributed by atoms with van der Waals surface area (Å²) in [5.74, 6) is 0. The summed E-state index contributed by atoms with van der Waals surface area (Å²) in [6, 6.07) is 34.8. The average Bonchev–Trinajstić information content (AvgIpc) is 2.82. The number of benzene rings is 4. The van der Waals surface area contributed by atoms with Gasteiger partial charge in [0.15, 0.2) is 0 Å². The van der Waals surface area contributed by atoms with Crippen LogP contribution in [0.4, 0.5) is 0 Å². The molecule has 1 aromatic heterocycles. The zero-order chi connectivity index (χ0) is 22.1. The predicted molar refractivity (Wildman–Crippen MR) is 136 cm³/mol. The van der Waals surface area contributed by atoms with E-state index in [4.69, 9.17) is 4.98 Å². The summed E-state index contributed by atoms with van der Waals surface area (Å²) in [4.78, 5) is 5.34. The molecule has 0 saturated heterocycles. The van der Waals surface area contributed by atoms with Crippen LogP contribution in [0.3, 0.4) is 0 Å². The third-order valence-corrected chi connectivity index (χ3v) is 6.35. The fraction of sp³-hybridized carbons (Fsp3) is 0.129. The molecule has 0 radical (unpaired) electrons. The zero-order valence-corrected chi connectivity index (χ0v) is 18.9. The van der Waals surface area contributed by atoms with E-state index in [0.717, 1.165) is 23.4 Å². The lowest BCUT2D eigenvalue weighted by Gasteiger charge is -2.17. The Morgan fingerprint density at radius 3 is 1.94 bits per heavy atom.